The van der Waals surface area contributed by atoms with Crippen molar-refractivity contribution >= 4 is 0 Å². The summed E-state index contributed by atoms with van der Waals surface area (Å²) in [5.74, 6) is 0. The lowest BCUT2D eigenvalue weighted by Crippen LogP contribution is -2.62. The van der Waals surface area contributed by atoms with Crippen molar-refractivity contribution in [1.29, 1.82) is 0 Å². The van der Waals surface area contributed by atoms with E-state index in [-0.39, 0.29) is 19.3 Å². The molecule has 11 atom stereocenters. The van der Waals surface area contributed by atoms with E-state index in [1.165, 1.54) is 0 Å². The molecule has 3 fully saturated rings. The highest BCUT2D eigenvalue weighted by atomic mass is 16.7. The molecule has 0 aromatic heterocycles. The Morgan fingerprint density at radius 2 is 1.66 bits per heavy atom. The normalized spacial score (nSPS) is 48.0. The fraction of sp³-hybridized carbons (Fsp3) is 0.905. The molecule has 3 aliphatic heterocycles. The van der Waals surface area contributed by atoms with Crippen LogP contribution < -0.4 is 0 Å². The van der Waals surface area contributed by atoms with Gasteiger partial charge in [0.15, 0.2) is 12.6 Å². The molecule has 3 saturated heterocycles. The zero-order chi connectivity index (χ0) is 23.8. The Labute approximate surface area is 187 Å². The second-order valence-electron chi connectivity index (χ2n) is 9.48. The van der Waals surface area contributed by atoms with E-state index in [1.54, 1.807) is 19.9 Å². The minimum atomic E-state index is -1.58. The van der Waals surface area contributed by atoms with Crippen LogP contribution in [0, 0.1) is 0 Å². The number of ether oxygens (including phenoxy) is 5. The molecule has 0 spiro atoms. The first-order chi connectivity index (χ1) is 14.9. The molecule has 3 heterocycles. The lowest BCUT2D eigenvalue weighted by Gasteiger charge is -2.44. The van der Waals surface area contributed by atoms with Crippen LogP contribution in [0.25, 0.3) is 0 Å². The van der Waals surface area contributed by atoms with Gasteiger partial charge in [-0.2, -0.15) is 0 Å². The zero-order valence-electron chi connectivity index (χ0n) is 18.6. The molecule has 0 aromatic carbocycles. The Morgan fingerprint density at radius 3 is 2.28 bits per heavy atom. The van der Waals surface area contributed by atoms with Crippen LogP contribution in [0.2, 0.25) is 0 Å². The van der Waals surface area contributed by atoms with Crippen LogP contribution in [-0.2, 0) is 23.7 Å². The highest BCUT2D eigenvalue weighted by Crippen LogP contribution is 2.39. The van der Waals surface area contributed by atoms with Crippen LogP contribution in [-0.4, -0.2) is 116 Å². The molecular weight excluding hydrogens is 428 g/mol. The van der Waals surface area contributed by atoms with Crippen molar-refractivity contribution in [3.05, 3.63) is 12.7 Å². The highest BCUT2D eigenvalue weighted by molar-refractivity contribution is 5.02. The minimum absolute atomic E-state index is 0.247. The summed E-state index contributed by atoms with van der Waals surface area (Å²) in [7, 11) is 0. The van der Waals surface area contributed by atoms with E-state index in [9.17, 15) is 30.6 Å². The molecule has 0 aliphatic carbocycles. The van der Waals surface area contributed by atoms with Gasteiger partial charge in [-0.1, -0.05) is 6.08 Å². The van der Waals surface area contributed by atoms with Crippen LogP contribution in [0.5, 0.6) is 0 Å². The molecule has 3 aliphatic rings. The summed E-state index contributed by atoms with van der Waals surface area (Å²) < 4.78 is 28.3. The lowest BCUT2D eigenvalue weighted by atomic mass is 9.95. The molecule has 0 radical (unpaired) electrons. The summed E-state index contributed by atoms with van der Waals surface area (Å²) in [6.07, 6.45) is -9.65. The second kappa shape index (κ2) is 9.88. The Kier molecular flexibility index (Phi) is 8.00. The maximum Gasteiger partial charge on any atom is 0.187 e. The van der Waals surface area contributed by atoms with Gasteiger partial charge in [-0.25, -0.2) is 0 Å². The van der Waals surface area contributed by atoms with Gasteiger partial charge >= 0.3 is 0 Å². The number of hydrogen-bond acceptors (Lipinski definition) is 11. The molecule has 0 aromatic rings. The first-order valence-electron chi connectivity index (χ1n) is 10.8. The Bertz CT molecular complexity index is 645. The van der Waals surface area contributed by atoms with Gasteiger partial charge in [0.2, 0.25) is 0 Å². The Hall–Kier alpha value is -0.700. The van der Waals surface area contributed by atoms with Crippen molar-refractivity contribution in [1.82, 2.24) is 0 Å². The number of rotatable bonds is 7. The lowest BCUT2D eigenvalue weighted by molar-refractivity contribution is -0.343. The third-order valence-electron chi connectivity index (χ3n) is 6.49. The summed E-state index contributed by atoms with van der Waals surface area (Å²) in [6, 6.07) is 0. The highest BCUT2D eigenvalue weighted by Gasteiger charge is 2.50. The first-order valence-corrected chi connectivity index (χ1v) is 10.8. The predicted octanol–water partition coefficient (Wildman–Crippen LogP) is -1.83. The van der Waals surface area contributed by atoms with Crippen LogP contribution in [0.3, 0.4) is 0 Å². The molecular formula is C21H36O11. The predicted molar refractivity (Wildman–Crippen MR) is 108 cm³/mol. The van der Waals surface area contributed by atoms with Gasteiger partial charge in [0.25, 0.3) is 0 Å². The van der Waals surface area contributed by atoms with E-state index in [1.807, 2.05) is 6.92 Å². The monoisotopic (exact) mass is 464 g/mol. The summed E-state index contributed by atoms with van der Waals surface area (Å²) in [4.78, 5) is 0. The van der Waals surface area contributed by atoms with Gasteiger partial charge < -0.3 is 54.3 Å². The molecule has 32 heavy (non-hydrogen) atoms. The van der Waals surface area contributed by atoms with Crippen LogP contribution in [0.4, 0.5) is 0 Å². The van der Waals surface area contributed by atoms with Gasteiger partial charge in [0.05, 0.1) is 30.5 Å². The summed E-state index contributed by atoms with van der Waals surface area (Å²) >= 11 is 0. The topological polar surface area (TPSA) is 168 Å². The van der Waals surface area contributed by atoms with Crippen molar-refractivity contribution in [2.75, 3.05) is 13.2 Å². The molecule has 0 bridgehead atoms. The Morgan fingerprint density at radius 1 is 1.00 bits per heavy atom. The Balaban J connectivity index is 1.62. The maximum atomic E-state index is 10.4. The summed E-state index contributed by atoms with van der Waals surface area (Å²) in [5, 5.41) is 60.3. The van der Waals surface area contributed by atoms with E-state index in [4.69, 9.17) is 23.7 Å². The van der Waals surface area contributed by atoms with E-state index in [0.717, 1.165) is 6.42 Å². The zero-order valence-corrected chi connectivity index (χ0v) is 18.6. The van der Waals surface area contributed by atoms with Crippen molar-refractivity contribution in [3.8, 4) is 0 Å². The quantitative estimate of drug-likeness (QED) is 0.234. The van der Waals surface area contributed by atoms with Crippen molar-refractivity contribution in [3.63, 3.8) is 0 Å². The fourth-order valence-electron chi connectivity index (χ4n) is 4.14. The molecule has 3 rings (SSSR count). The average Bonchev–Trinajstić information content (AvgIpc) is 3.16. The molecule has 0 amide bonds. The largest absolute Gasteiger partial charge is 0.388 e. The number of aliphatic hydroxyl groups is 6. The van der Waals surface area contributed by atoms with Gasteiger partial charge in [0, 0.05) is 0 Å². The number of hydrogen-bond donors (Lipinski definition) is 6. The van der Waals surface area contributed by atoms with Gasteiger partial charge in [-0.05, 0) is 33.6 Å². The van der Waals surface area contributed by atoms with Gasteiger partial charge in [0.1, 0.15) is 42.7 Å². The molecule has 186 valence electrons. The minimum Gasteiger partial charge on any atom is -0.388 e. The van der Waals surface area contributed by atoms with E-state index in [0.29, 0.717) is 6.42 Å². The summed E-state index contributed by atoms with van der Waals surface area (Å²) in [6.45, 7) is 8.70. The summed E-state index contributed by atoms with van der Waals surface area (Å²) in [5.41, 5.74) is -1.38. The molecule has 0 saturated carbocycles. The molecule has 11 heteroatoms. The van der Waals surface area contributed by atoms with E-state index < -0.39 is 66.5 Å². The van der Waals surface area contributed by atoms with Crippen molar-refractivity contribution in [2.45, 2.75) is 106 Å². The molecule has 1 unspecified atom stereocenters. The molecule has 11 nitrogen and oxygen atoms in total. The van der Waals surface area contributed by atoms with Gasteiger partial charge in [-0.15, -0.1) is 6.58 Å². The standard InChI is InChI=1S/C21H36O11/c1-5-21(4)7-6-12(31-21)20(2,3)32-19-17(27)15(25)14(24)11(30-19)9-29-18-16(26)13(23)10(22)8-28-18/h5,10-19,22-27H,1,6-9H2,2-4H3/t10-,11-,12?,13+,14-,15+,16-,17+,18+,19+,21+/m1/s1. The third kappa shape index (κ3) is 5.34. The van der Waals surface area contributed by atoms with Gasteiger partial charge in [-0.3, -0.25) is 0 Å². The number of aliphatic hydroxyl groups excluding tert-OH is 6. The average molecular weight is 465 g/mol. The smallest absolute Gasteiger partial charge is 0.187 e. The molecule has 6 N–H and O–H groups in total. The first kappa shape index (κ1) is 25.9. The van der Waals surface area contributed by atoms with Crippen molar-refractivity contribution in [2.24, 2.45) is 0 Å². The second-order valence-corrected chi connectivity index (χ2v) is 9.48. The van der Waals surface area contributed by atoms with E-state index >= 15 is 0 Å². The van der Waals surface area contributed by atoms with Crippen LogP contribution in [0.15, 0.2) is 12.7 Å². The maximum absolute atomic E-state index is 10.4. The van der Waals surface area contributed by atoms with Crippen LogP contribution >= 0.6 is 0 Å². The van der Waals surface area contributed by atoms with E-state index in [2.05, 4.69) is 6.58 Å². The SMILES string of the molecule is C=C[C@@]1(C)CCC(C(C)(C)O[C@@H]2O[C@H](CO[C@@H]3OC[C@@H](O)[C@H](O)[C@H]3O)[C@@H](O)[C@H](O)[C@@H]2O)O1. The van der Waals surface area contributed by atoms with Crippen LogP contribution in [0.1, 0.15) is 33.6 Å². The third-order valence-corrected chi connectivity index (χ3v) is 6.49. The fourth-order valence-corrected chi connectivity index (χ4v) is 4.14. The van der Waals surface area contributed by atoms with Crippen molar-refractivity contribution < 1.29 is 54.3 Å².